The molecule has 94 valence electrons. The number of halogens is 1. The van der Waals surface area contributed by atoms with E-state index in [0.29, 0.717) is 15.8 Å². The summed E-state index contributed by atoms with van der Waals surface area (Å²) >= 11 is 3.22. The van der Waals surface area contributed by atoms with Crippen LogP contribution in [-0.4, -0.2) is 25.8 Å². The molecule has 3 N–H and O–H groups in total. The number of hydrogen-bond acceptors (Lipinski definition) is 4. The topological polar surface area (TPSA) is 89.3 Å². The lowest BCUT2D eigenvalue weighted by atomic mass is 10.3. The Kier molecular flexibility index (Phi) is 4.16. The summed E-state index contributed by atoms with van der Waals surface area (Å²) in [7, 11) is -3.39. The van der Waals surface area contributed by atoms with E-state index in [1.807, 2.05) is 0 Å². The lowest BCUT2D eigenvalue weighted by Gasteiger charge is -2.11. The van der Waals surface area contributed by atoms with Crippen LogP contribution < -0.4 is 11.1 Å². The fourth-order valence-electron chi connectivity index (χ4n) is 1.06. The van der Waals surface area contributed by atoms with Gasteiger partial charge in [-0.15, -0.1) is 0 Å². The molecule has 1 unspecified atom stereocenters. The highest BCUT2D eigenvalue weighted by Gasteiger charge is 2.23. The summed E-state index contributed by atoms with van der Waals surface area (Å²) in [5.41, 5.74) is 6.57. The Bertz CT molecular complexity index is 542. The van der Waals surface area contributed by atoms with Crippen molar-refractivity contribution in [2.75, 3.05) is 17.3 Å². The van der Waals surface area contributed by atoms with Gasteiger partial charge in [-0.2, -0.15) is 0 Å². The molecule has 1 amide bonds. The van der Waals surface area contributed by atoms with Gasteiger partial charge in [0.2, 0.25) is 5.91 Å². The number of carbonyl (C=O) groups is 1. The molecular formula is C10H13BrN2O3S. The fraction of sp³-hybridized carbons (Fsp3) is 0.300. The monoisotopic (exact) mass is 320 g/mol. The Morgan fingerprint density at radius 3 is 2.53 bits per heavy atom. The number of nitrogens with two attached hydrogens (primary N) is 1. The number of rotatable bonds is 3. The van der Waals surface area contributed by atoms with Crippen LogP contribution in [0.25, 0.3) is 0 Å². The van der Waals surface area contributed by atoms with Crippen LogP contribution in [0.5, 0.6) is 0 Å². The lowest BCUT2D eigenvalue weighted by Crippen LogP contribution is -2.31. The van der Waals surface area contributed by atoms with Crippen molar-refractivity contribution in [2.45, 2.75) is 12.2 Å². The third kappa shape index (κ3) is 3.71. The maximum absolute atomic E-state index is 11.6. The minimum absolute atomic E-state index is 0.464. The highest BCUT2D eigenvalue weighted by atomic mass is 79.9. The quantitative estimate of drug-likeness (QED) is 0.824. The second kappa shape index (κ2) is 5.05. The number of amides is 1. The number of nitrogens with one attached hydrogen (secondary N) is 1. The molecule has 1 aromatic carbocycles. The summed E-state index contributed by atoms with van der Waals surface area (Å²) in [6.07, 6.45) is 1.02. The van der Waals surface area contributed by atoms with Crippen LogP contribution in [0.15, 0.2) is 22.7 Å². The molecule has 0 aliphatic heterocycles. The van der Waals surface area contributed by atoms with Gasteiger partial charge in [0.15, 0.2) is 9.84 Å². The largest absolute Gasteiger partial charge is 0.398 e. The molecule has 5 nitrogen and oxygen atoms in total. The average molecular weight is 321 g/mol. The van der Waals surface area contributed by atoms with E-state index in [4.69, 9.17) is 5.73 Å². The zero-order valence-corrected chi connectivity index (χ0v) is 11.8. The van der Waals surface area contributed by atoms with E-state index in [9.17, 15) is 13.2 Å². The van der Waals surface area contributed by atoms with Gasteiger partial charge in [-0.25, -0.2) is 8.42 Å². The van der Waals surface area contributed by atoms with Crippen molar-refractivity contribution in [2.24, 2.45) is 0 Å². The van der Waals surface area contributed by atoms with Crippen LogP contribution in [0.3, 0.4) is 0 Å². The number of benzene rings is 1. The van der Waals surface area contributed by atoms with E-state index in [-0.39, 0.29) is 0 Å². The van der Waals surface area contributed by atoms with Gasteiger partial charge in [0.25, 0.3) is 0 Å². The maximum Gasteiger partial charge on any atom is 0.242 e. The summed E-state index contributed by atoms with van der Waals surface area (Å²) in [5.74, 6) is -0.575. The molecule has 0 aliphatic rings. The molecule has 0 aromatic heterocycles. The number of sulfone groups is 1. The van der Waals surface area contributed by atoms with Crippen LogP contribution in [-0.2, 0) is 14.6 Å². The molecule has 7 heteroatoms. The number of nitrogen functional groups attached to an aromatic ring is 1. The van der Waals surface area contributed by atoms with E-state index in [1.54, 1.807) is 18.2 Å². The Morgan fingerprint density at radius 2 is 2.06 bits per heavy atom. The average Bonchev–Trinajstić information content (AvgIpc) is 2.21. The Morgan fingerprint density at radius 1 is 1.47 bits per heavy atom. The number of carbonyl (C=O) groups excluding carboxylic acids is 1. The van der Waals surface area contributed by atoms with Crippen LogP contribution >= 0.6 is 15.9 Å². The summed E-state index contributed by atoms with van der Waals surface area (Å²) in [6, 6.07) is 4.86. The van der Waals surface area contributed by atoms with Gasteiger partial charge in [-0.05, 0) is 41.1 Å². The summed E-state index contributed by atoms with van der Waals surface area (Å²) < 4.78 is 23.1. The molecule has 1 atom stereocenters. The van der Waals surface area contributed by atoms with Crippen molar-refractivity contribution >= 4 is 43.0 Å². The molecule has 0 heterocycles. The van der Waals surface area contributed by atoms with Crippen LogP contribution in [0.1, 0.15) is 6.92 Å². The first-order valence-corrected chi connectivity index (χ1v) is 7.51. The highest BCUT2D eigenvalue weighted by molar-refractivity contribution is 9.10. The highest BCUT2D eigenvalue weighted by Crippen LogP contribution is 2.23. The van der Waals surface area contributed by atoms with E-state index in [0.717, 1.165) is 6.26 Å². The first kappa shape index (κ1) is 14.0. The third-order valence-electron chi connectivity index (χ3n) is 2.27. The van der Waals surface area contributed by atoms with Crippen molar-refractivity contribution in [1.29, 1.82) is 0 Å². The second-order valence-corrected chi connectivity index (χ2v) is 6.92. The van der Waals surface area contributed by atoms with Crippen molar-refractivity contribution in [1.82, 2.24) is 0 Å². The van der Waals surface area contributed by atoms with Gasteiger partial charge in [0.1, 0.15) is 5.25 Å². The van der Waals surface area contributed by atoms with E-state index >= 15 is 0 Å². The van der Waals surface area contributed by atoms with E-state index in [1.165, 1.54) is 6.92 Å². The molecule has 0 fully saturated rings. The van der Waals surface area contributed by atoms with Gasteiger partial charge in [0.05, 0.1) is 0 Å². The van der Waals surface area contributed by atoms with Crippen LogP contribution in [0.2, 0.25) is 0 Å². The summed E-state index contributed by atoms with van der Waals surface area (Å²) in [6.45, 7) is 1.34. The molecule has 0 radical (unpaired) electrons. The normalized spacial score (nSPS) is 13.1. The van der Waals surface area contributed by atoms with Crippen LogP contribution in [0.4, 0.5) is 11.4 Å². The molecule has 0 spiro atoms. The van der Waals surface area contributed by atoms with Crippen LogP contribution in [0, 0.1) is 0 Å². The molecule has 0 saturated heterocycles. The second-order valence-electron chi connectivity index (χ2n) is 3.70. The Balaban J connectivity index is 2.85. The van der Waals surface area contributed by atoms with Crippen molar-refractivity contribution in [3.63, 3.8) is 0 Å². The zero-order chi connectivity index (χ0) is 13.2. The van der Waals surface area contributed by atoms with Gasteiger partial charge >= 0.3 is 0 Å². The zero-order valence-electron chi connectivity index (χ0n) is 9.40. The molecular weight excluding hydrogens is 308 g/mol. The van der Waals surface area contributed by atoms with E-state index in [2.05, 4.69) is 21.2 Å². The molecule has 0 bridgehead atoms. The summed E-state index contributed by atoms with van der Waals surface area (Å²) in [5, 5.41) is 1.41. The Hall–Kier alpha value is -1.08. The van der Waals surface area contributed by atoms with Gasteiger partial charge in [-0.3, -0.25) is 4.79 Å². The maximum atomic E-state index is 11.6. The third-order valence-corrected chi connectivity index (χ3v) is 4.50. The predicted molar refractivity (Wildman–Crippen MR) is 71.5 cm³/mol. The summed E-state index contributed by atoms with van der Waals surface area (Å²) in [4.78, 5) is 11.6. The van der Waals surface area contributed by atoms with Gasteiger partial charge in [0, 0.05) is 22.1 Å². The molecule has 0 saturated carbocycles. The van der Waals surface area contributed by atoms with Gasteiger partial charge in [-0.1, -0.05) is 0 Å². The lowest BCUT2D eigenvalue weighted by molar-refractivity contribution is -0.115. The molecule has 1 aromatic rings. The number of hydrogen-bond donors (Lipinski definition) is 2. The predicted octanol–water partition coefficient (Wildman–Crippen LogP) is 1.40. The molecule has 1 rings (SSSR count). The fourth-order valence-corrected chi connectivity index (χ4v) is 1.75. The number of anilines is 2. The molecule has 17 heavy (non-hydrogen) atoms. The first-order chi connectivity index (χ1) is 7.71. The van der Waals surface area contributed by atoms with Gasteiger partial charge < -0.3 is 11.1 Å². The van der Waals surface area contributed by atoms with Crippen molar-refractivity contribution in [3.8, 4) is 0 Å². The van der Waals surface area contributed by atoms with E-state index < -0.39 is 21.0 Å². The van der Waals surface area contributed by atoms with Crippen molar-refractivity contribution in [3.05, 3.63) is 22.7 Å². The Labute approximate surface area is 108 Å². The smallest absolute Gasteiger partial charge is 0.242 e. The molecule has 0 aliphatic carbocycles. The standard InChI is InChI=1S/C10H13BrN2O3S/c1-6(17(2,15)16)10(14)13-7-3-4-8(11)9(12)5-7/h3-6H,12H2,1-2H3,(H,13,14). The minimum atomic E-state index is -3.39. The SMILES string of the molecule is CC(C(=O)Nc1ccc(Br)c(N)c1)S(C)(=O)=O. The minimum Gasteiger partial charge on any atom is -0.398 e. The first-order valence-electron chi connectivity index (χ1n) is 4.76. The van der Waals surface area contributed by atoms with Crippen molar-refractivity contribution < 1.29 is 13.2 Å².